The van der Waals surface area contributed by atoms with Crippen molar-refractivity contribution in [1.29, 1.82) is 0 Å². The van der Waals surface area contributed by atoms with Gasteiger partial charge < -0.3 is 9.73 Å². The summed E-state index contributed by atoms with van der Waals surface area (Å²) in [6.07, 6.45) is 1.81. The predicted molar refractivity (Wildman–Crippen MR) is 68.7 cm³/mol. The third-order valence-corrected chi connectivity index (χ3v) is 3.81. The van der Waals surface area contributed by atoms with Gasteiger partial charge in [-0.2, -0.15) is 11.8 Å². The Balaban J connectivity index is 1.89. The maximum Gasteiger partial charge on any atom is 0.122 e. The van der Waals surface area contributed by atoms with Crippen molar-refractivity contribution in [2.45, 2.75) is 20.0 Å². The van der Waals surface area contributed by atoms with Crippen LogP contribution in [-0.2, 0) is 13.1 Å². The fourth-order valence-electron chi connectivity index (χ4n) is 1.90. The number of hydrogen-bond acceptors (Lipinski definition) is 4. The van der Waals surface area contributed by atoms with E-state index in [1.165, 1.54) is 30.2 Å². The highest BCUT2D eigenvalue weighted by Crippen LogP contribution is 2.16. The first-order valence-electron chi connectivity index (χ1n) is 5.96. The molecule has 1 aromatic rings. The molecule has 0 spiro atoms. The molecular weight excluding hydrogens is 220 g/mol. The van der Waals surface area contributed by atoms with E-state index in [-0.39, 0.29) is 0 Å². The van der Waals surface area contributed by atoms with Crippen molar-refractivity contribution < 1.29 is 4.42 Å². The van der Waals surface area contributed by atoms with Gasteiger partial charge in [0, 0.05) is 36.7 Å². The molecule has 2 heterocycles. The molecule has 0 aromatic carbocycles. The van der Waals surface area contributed by atoms with E-state index in [4.69, 9.17) is 4.42 Å². The number of nitrogens with zero attached hydrogens (tertiary/aromatic N) is 1. The lowest BCUT2D eigenvalue weighted by Gasteiger charge is -2.25. The summed E-state index contributed by atoms with van der Waals surface area (Å²) < 4.78 is 5.51. The van der Waals surface area contributed by atoms with Gasteiger partial charge in [-0.05, 0) is 12.6 Å². The normalized spacial score (nSPS) is 17.8. The molecule has 0 saturated carbocycles. The Morgan fingerprint density at radius 2 is 2.25 bits per heavy atom. The molecule has 90 valence electrons. The molecule has 0 aliphatic carbocycles. The van der Waals surface area contributed by atoms with Crippen LogP contribution in [0.25, 0.3) is 0 Å². The Morgan fingerprint density at radius 1 is 1.44 bits per heavy atom. The first kappa shape index (κ1) is 12.0. The lowest BCUT2D eigenvalue weighted by Crippen LogP contribution is -2.32. The Hall–Kier alpha value is -0.450. The highest BCUT2D eigenvalue weighted by Gasteiger charge is 2.13. The predicted octanol–water partition coefficient (Wildman–Crippen LogP) is 1.94. The maximum absolute atomic E-state index is 5.51. The van der Waals surface area contributed by atoms with E-state index in [9.17, 15) is 0 Å². The Morgan fingerprint density at radius 3 is 3.00 bits per heavy atom. The smallest absolute Gasteiger partial charge is 0.122 e. The van der Waals surface area contributed by atoms with E-state index < -0.39 is 0 Å². The van der Waals surface area contributed by atoms with Crippen molar-refractivity contribution in [3.63, 3.8) is 0 Å². The molecule has 0 radical (unpaired) electrons. The zero-order valence-corrected chi connectivity index (χ0v) is 10.7. The molecule has 0 atom stereocenters. The Labute approximate surface area is 102 Å². The van der Waals surface area contributed by atoms with Crippen molar-refractivity contribution in [2.24, 2.45) is 0 Å². The molecule has 0 bridgehead atoms. The van der Waals surface area contributed by atoms with Crippen LogP contribution in [0, 0.1) is 0 Å². The lowest BCUT2D eigenvalue weighted by atomic mass is 10.2. The minimum atomic E-state index is 0.849. The van der Waals surface area contributed by atoms with Crippen molar-refractivity contribution in [2.75, 3.05) is 31.1 Å². The lowest BCUT2D eigenvalue weighted by molar-refractivity contribution is 0.291. The average Bonchev–Trinajstić information content (AvgIpc) is 2.75. The summed E-state index contributed by atoms with van der Waals surface area (Å²) in [6, 6.07) is 2.11. The van der Waals surface area contributed by atoms with Crippen LogP contribution in [0.1, 0.15) is 18.2 Å². The van der Waals surface area contributed by atoms with E-state index in [1.807, 2.05) is 0 Å². The topological polar surface area (TPSA) is 28.4 Å². The first-order valence-corrected chi connectivity index (χ1v) is 7.11. The SMILES string of the molecule is CCNCc1occc1CN1CCSCC1. The van der Waals surface area contributed by atoms with Crippen molar-refractivity contribution in [3.05, 3.63) is 23.7 Å². The molecule has 1 fully saturated rings. The maximum atomic E-state index is 5.51. The first-order chi connectivity index (χ1) is 7.90. The highest BCUT2D eigenvalue weighted by atomic mass is 32.2. The van der Waals surface area contributed by atoms with Crippen LogP contribution in [0.2, 0.25) is 0 Å². The van der Waals surface area contributed by atoms with Crippen molar-refractivity contribution in [1.82, 2.24) is 10.2 Å². The second-order valence-electron chi connectivity index (χ2n) is 4.04. The van der Waals surface area contributed by atoms with E-state index in [0.717, 1.165) is 25.4 Å². The van der Waals surface area contributed by atoms with Crippen LogP contribution in [-0.4, -0.2) is 36.0 Å². The zero-order chi connectivity index (χ0) is 11.2. The summed E-state index contributed by atoms with van der Waals surface area (Å²) in [5.41, 5.74) is 1.34. The molecule has 16 heavy (non-hydrogen) atoms. The third-order valence-electron chi connectivity index (χ3n) is 2.87. The van der Waals surface area contributed by atoms with Crippen LogP contribution >= 0.6 is 11.8 Å². The number of furan rings is 1. The fourth-order valence-corrected chi connectivity index (χ4v) is 2.88. The quantitative estimate of drug-likeness (QED) is 0.851. The van der Waals surface area contributed by atoms with Crippen LogP contribution < -0.4 is 5.32 Å². The van der Waals surface area contributed by atoms with Gasteiger partial charge >= 0.3 is 0 Å². The largest absolute Gasteiger partial charge is 0.468 e. The molecule has 2 rings (SSSR count). The second-order valence-corrected chi connectivity index (χ2v) is 5.26. The van der Waals surface area contributed by atoms with Crippen LogP contribution in [0.15, 0.2) is 16.7 Å². The van der Waals surface area contributed by atoms with E-state index in [0.29, 0.717) is 0 Å². The third kappa shape index (κ3) is 3.27. The van der Waals surface area contributed by atoms with Gasteiger partial charge in [-0.1, -0.05) is 6.92 Å². The number of thioether (sulfide) groups is 1. The highest BCUT2D eigenvalue weighted by molar-refractivity contribution is 7.99. The summed E-state index contributed by atoms with van der Waals surface area (Å²) in [5, 5.41) is 3.31. The number of hydrogen-bond donors (Lipinski definition) is 1. The minimum Gasteiger partial charge on any atom is -0.468 e. The average molecular weight is 240 g/mol. The summed E-state index contributed by atoms with van der Waals surface area (Å²) >= 11 is 2.05. The fraction of sp³-hybridized carbons (Fsp3) is 0.667. The molecule has 0 unspecified atom stereocenters. The number of nitrogens with one attached hydrogen (secondary N) is 1. The van der Waals surface area contributed by atoms with E-state index >= 15 is 0 Å². The molecule has 1 N–H and O–H groups in total. The molecule has 1 saturated heterocycles. The molecule has 1 aromatic heterocycles. The van der Waals surface area contributed by atoms with E-state index in [2.05, 4.69) is 35.0 Å². The molecule has 1 aliphatic rings. The van der Waals surface area contributed by atoms with Crippen LogP contribution in [0.4, 0.5) is 0 Å². The van der Waals surface area contributed by atoms with Crippen LogP contribution in [0.5, 0.6) is 0 Å². The van der Waals surface area contributed by atoms with Gasteiger partial charge in [0.15, 0.2) is 0 Å². The number of rotatable bonds is 5. The van der Waals surface area contributed by atoms with Gasteiger partial charge in [0.1, 0.15) is 5.76 Å². The van der Waals surface area contributed by atoms with Gasteiger partial charge in [0.2, 0.25) is 0 Å². The van der Waals surface area contributed by atoms with Gasteiger partial charge in [-0.3, -0.25) is 4.90 Å². The molecule has 0 amide bonds. The van der Waals surface area contributed by atoms with Gasteiger partial charge in [0.05, 0.1) is 12.8 Å². The molecule has 1 aliphatic heterocycles. The molecule has 4 heteroatoms. The second kappa shape index (κ2) is 6.33. The zero-order valence-electron chi connectivity index (χ0n) is 9.87. The monoisotopic (exact) mass is 240 g/mol. The summed E-state index contributed by atoms with van der Waals surface area (Å²) in [6.45, 7) is 7.40. The summed E-state index contributed by atoms with van der Waals surface area (Å²) in [5.74, 6) is 3.63. The standard InChI is InChI=1S/C12H20N2OS/c1-2-13-9-12-11(3-6-15-12)10-14-4-7-16-8-5-14/h3,6,13H,2,4-5,7-10H2,1H3. The molecular formula is C12H20N2OS. The van der Waals surface area contributed by atoms with Crippen LogP contribution in [0.3, 0.4) is 0 Å². The van der Waals surface area contributed by atoms with Gasteiger partial charge in [-0.15, -0.1) is 0 Å². The van der Waals surface area contributed by atoms with Gasteiger partial charge in [-0.25, -0.2) is 0 Å². The minimum absolute atomic E-state index is 0.849. The summed E-state index contributed by atoms with van der Waals surface area (Å²) in [7, 11) is 0. The van der Waals surface area contributed by atoms with Crippen molar-refractivity contribution >= 4 is 11.8 Å². The van der Waals surface area contributed by atoms with Crippen molar-refractivity contribution in [3.8, 4) is 0 Å². The van der Waals surface area contributed by atoms with E-state index in [1.54, 1.807) is 6.26 Å². The molecule has 3 nitrogen and oxygen atoms in total. The Kier molecular flexibility index (Phi) is 4.75. The van der Waals surface area contributed by atoms with Gasteiger partial charge in [0.25, 0.3) is 0 Å². The Bertz CT molecular complexity index is 308. The summed E-state index contributed by atoms with van der Waals surface area (Å²) in [4.78, 5) is 2.51.